The van der Waals surface area contributed by atoms with E-state index >= 15 is 0 Å². The van der Waals surface area contributed by atoms with Crippen LogP contribution in [0.3, 0.4) is 0 Å². The first-order valence-electron chi connectivity index (χ1n) is 4.06. The molecule has 0 aromatic carbocycles. The molecular formula is C6H10N2O5. The van der Waals surface area contributed by atoms with Gasteiger partial charge in [0.25, 0.3) is 5.09 Å². The van der Waals surface area contributed by atoms with Gasteiger partial charge in [-0.1, -0.05) is 6.42 Å². The number of rotatable bonds is 3. The number of hydrogen-bond acceptors (Lipinski definition) is 5. The van der Waals surface area contributed by atoms with Crippen LogP contribution in [0.2, 0.25) is 0 Å². The maximum Gasteiger partial charge on any atom is 0.295 e. The van der Waals surface area contributed by atoms with E-state index < -0.39 is 22.2 Å². The molecule has 1 aliphatic carbocycles. The summed E-state index contributed by atoms with van der Waals surface area (Å²) in [6.45, 7) is 0. The average Bonchev–Trinajstić information content (AvgIpc) is 2.03. The van der Waals surface area contributed by atoms with Crippen LogP contribution in [0.4, 0.5) is 0 Å². The number of hydrogen-bond donors (Lipinski definition) is 0. The third-order valence-electron chi connectivity index (χ3n) is 2.16. The predicted molar refractivity (Wildman–Crippen MR) is 41.1 cm³/mol. The van der Waals surface area contributed by atoms with Gasteiger partial charge >= 0.3 is 0 Å². The Hall–Kier alpha value is -1.40. The summed E-state index contributed by atoms with van der Waals surface area (Å²) < 4.78 is 0. The molecule has 0 radical (unpaired) electrons. The van der Waals surface area contributed by atoms with Crippen molar-refractivity contribution >= 4 is 0 Å². The van der Waals surface area contributed by atoms with Gasteiger partial charge in [0.05, 0.1) is 0 Å². The van der Waals surface area contributed by atoms with Crippen molar-refractivity contribution in [3.8, 4) is 0 Å². The fraction of sp³-hybridized carbons (Fsp3) is 1.00. The maximum atomic E-state index is 10.4. The van der Waals surface area contributed by atoms with Crippen molar-refractivity contribution in [3.05, 3.63) is 20.2 Å². The van der Waals surface area contributed by atoms with Crippen molar-refractivity contribution < 1.29 is 14.8 Å². The first kappa shape index (κ1) is 9.69. The molecule has 2 atom stereocenters. The SMILES string of the molecule is O=[N+]([O-])OC1CCCCC1[N+](=O)[O-]. The van der Waals surface area contributed by atoms with Crippen molar-refractivity contribution in [1.82, 2.24) is 0 Å². The maximum absolute atomic E-state index is 10.4. The standard InChI is InChI=1S/C6H10N2O5/c9-7(10)5-3-1-2-4-6(5)13-8(11)12/h5-6H,1-4H2. The van der Waals surface area contributed by atoms with Gasteiger partial charge < -0.3 is 4.84 Å². The van der Waals surface area contributed by atoms with Crippen LogP contribution in [-0.4, -0.2) is 22.2 Å². The second kappa shape index (κ2) is 4.01. The van der Waals surface area contributed by atoms with Gasteiger partial charge in [-0.2, -0.15) is 0 Å². The molecule has 0 heterocycles. The third-order valence-corrected chi connectivity index (χ3v) is 2.16. The summed E-state index contributed by atoms with van der Waals surface area (Å²) in [5.74, 6) is 0. The van der Waals surface area contributed by atoms with Crippen molar-refractivity contribution in [3.63, 3.8) is 0 Å². The van der Waals surface area contributed by atoms with Gasteiger partial charge in [-0.3, -0.25) is 10.1 Å². The molecule has 0 saturated heterocycles. The van der Waals surface area contributed by atoms with Gasteiger partial charge in [-0.25, -0.2) is 0 Å². The van der Waals surface area contributed by atoms with Gasteiger partial charge in [0.15, 0.2) is 6.10 Å². The molecular weight excluding hydrogens is 180 g/mol. The zero-order valence-electron chi connectivity index (χ0n) is 6.92. The largest absolute Gasteiger partial charge is 0.303 e. The lowest BCUT2D eigenvalue weighted by atomic mass is 9.93. The highest BCUT2D eigenvalue weighted by Gasteiger charge is 2.36. The molecule has 1 fully saturated rings. The van der Waals surface area contributed by atoms with Crippen LogP contribution < -0.4 is 0 Å². The minimum Gasteiger partial charge on any atom is -0.303 e. The summed E-state index contributed by atoms with van der Waals surface area (Å²) in [6, 6.07) is -0.917. The molecule has 1 aliphatic rings. The van der Waals surface area contributed by atoms with E-state index in [1.807, 2.05) is 0 Å². The lowest BCUT2D eigenvalue weighted by Crippen LogP contribution is -2.39. The van der Waals surface area contributed by atoms with Crippen LogP contribution in [0, 0.1) is 20.2 Å². The van der Waals surface area contributed by atoms with E-state index in [-0.39, 0.29) is 0 Å². The number of nitro groups is 1. The highest BCUT2D eigenvalue weighted by Crippen LogP contribution is 2.23. The van der Waals surface area contributed by atoms with E-state index in [4.69, 9.17) is 0 Å². The van der Waals surface area contributed by atoms with Crippen LogP contribution in [0.25, 0.3) is 0 Å². The van der Waals surface area contributed by atoms with Gasteiger partial charge in [-0.15, -0.1) is 10.1 Å². The van der Waals surface area contributed by atoms with Gasteiger partial charge in [0.2, 0.25) is 6.04 Å². The summed E-state index contributed by atoms with van der Waals surface area (Å²) in [4.78, 5) is 24.2. The molecule has 7 nitrogen and oxygen atoms in total. The molecule has 13 heavy (non-hydrogen) atoms. The molecule has 0 aromatic heterocycles. The highest BCUT2D eigenvalue weighted by atomic mass is 17.0. The summed E-state index contributed by atoms with van der Waals surface area (Å²) >= 11 is 0. The third kappa shape index (κ3) is 2.53. The quantitative estimate of drug-likeness (QED) is 0.484. The van der Waals surface area contributed by atoms with Crippen molar-refractivity contribution in [1.29, 1.82) is 0 Å². The Labute approximate surface area is 73.9 Å². The predicted octanol–water partition coefficient (Wildman–Crippen LogP) is 0.783. The molecule has 74 valence electrons. The summed E-state index contributed by atoms with van der Waals surface area (Å²) in [5, 5.41) is 19.5. The Kier molecular flexibility index (Phi) is 2.99. The topological polar surface area (TPSA) is 95.5 Å². The normalized spacial score (nSPS) is 28.0. The molecule has 0 N–H and O–H groups in total. The van der Waals surface area contributed by atoms with Gasteiger partial charge in [0, 0.05) is 11.3 Å². The molecule has 0 aliphatic heterocycles. The lowest BCUT2D eigenvalue weighted by molar-refractivity contribution is -0.779. The number of nitrogens with zero attached hydrogens (tertiary/aromatic N) is 2. The van der Waals surface area contributed by atoms with Crippen LogP contribution >= 0.6 is 0 Å². The molecule has 0 amide bonds. The first-order valence-corrected chi connectivity index (χ1v) is 4.06. The molecule has 2 unspecified atom stereocenters. The van der Waals surface area contributed by atoms with Crippen LogP contribution in [-0.2, 0) is 4.84 Å². The fourth-order valence-electron chi connectivity index (χ4n) is 1.55. The van der Waals surface area contributed by atoms with E-state index in [0.717, 1.165) is 12.8 Å². The van der Waals surface area contributed by atoms with E-state index in [1.54, 1.807) is 0 Å². The lowest BCUT2D eigenvalue weighted by Gasteiger charge is -2.22. The first-order chi connectivity index (χ1) is 6.11. The molecule has 1 saturated carbocycles. The zero-order chi connectivity index (χ0) is 9.84. The zero-order valence-corrected chi connectivity index (χ0v) is 6.92. The molecule has 0 aromatic rings. The van der Waals surface area contributed by atoms with Crippen molar-refractivity contribution in [2.45, 2.75) is 37.8 Å². The van der Waals surface area contributed by atoms with Crippen molar-refractivity contribution in [2.24, 2.45) is 0 Å². The summed E-state index contributed by atoms with van der Waals surface area (Å²) in [6.07, 6.45) is 1.39. The summed E-state index contributed by atoms with van der Waals surface area (Å²) in [7, 11) is 0. The second-order valence-corrected chi connectivity index (χ2v) is 3.00. The Bertz CT molecular complexity index is 219. The Morgan fingerprint density at radius 2 is 1.77 bits per heavy atom. The highest BCUT2D eigenvalue weighted by molar-refractivity contribution is 4.74. The van der Waals surface area contributed by atoms with Crippen LogP contribution in [0.5, 0.6) is 0 Å². The molecule has 7 heteroatoms. The summed E-state index contributed by atoms with van der Waals surface area (Å²) in [5.41, 5.74) is 0. The van der Waals surface area contributed by atoms with E-state index in [1.165, 1.54) is 0 Å². The smallest absolute Gasteiger partial charge is 0.295 e. The Morgan fingerprint density at radius 1 is 1.15 bits per heavy atom. The Morgan fingerprint density at radius 3 is 2.31 bits per heavy atom. The van der Waals surface area contributed by atoms with E-state index in [2.05, 4.69) is 4.84 Å². The van der Waals surface area contributed by atoms with Gasteiger partial charge in [-0.05, 0) is 12.8 Å². The minimum atomic E-state index is -0.952. The average molecular weight is 190 g/mol. The molecule has 1 rings (SSSR count). The van der Waals surface area contributed by atoms with Crippen LogP contribution in [0.1, 0.15) is 25.7 Å². The monoisotopic (exact) mass is 190 g/mol. The minimum absolute atomic E-state index is 0.367. The van der Waals surface area contributed by atoms with Crippen LogP contribution in [0.15, 0.2) is 0 Å². The van der Waals surface area contributed by atoms with E-state index in [0.29, 0.717) is 12.8 Å². The molecule has 0 spiro atoms. The van der Waals surface area contributed by atoms with Crippen molar-refractivity contribution in [2.75, 3.05) is 0 Å². The fourth-order valence-corrected chi connectivity index (χ4v) is 1.55. The Balaban J connectivity index is 2.56. The second-order valence-electron chi connectivity index (χ2n) is 3.00. The van der Waals surface area contributed by atoms with E-state index in [9.17, 15) is 20.2 Å². The molecule has 0 bridgehead atoms. The van der Waals surface area contributed by atoms with Gasteiger partial charge in [0.1, 0.15) is 0 Å².